The van der Waals surface area contributed by atoms with Gasteiger partial charge in [0.2, 0.25) is 0 Å². The van der Waals surface area contributed by atoms with Crippen LogP contribution in [-0.4, -0.2) is 18.1 Å². The topological polar surface area (TPSA) is 26.3 Å². The van der Waals surface area contributed by atoms with Crippen LogP contribution in [0.4, 0.5) is 22.0 Å². The largest absolute Gasteiger partial charge is 0.465 e. The molecule has 100 valence electrons. The Kier molecular flexibility index (Phi) is 4.51. The van der Waals surface area contributed by atoms with Gasteiger partial charge in [0.15, 0.2) is 0 Å². The van der Waals surface area contributed by atoms with Gasteiger partial charge in [0, 0.05) is 9.13 Å². The van der Waals surface area contributed by atoms with E-state index in [4.69, 9.17) is 0 Å². The normalized spacial score (nSPS) is 12.3. The lowest BCUT2D eigenvalue weighted by Crippen LogP contribution is -2.45. The average molecular weight is 380 g/mol. The highest BCUT2D eigenvalue weighted by Gasteiger charge is 2.64. The molecule has 0 aliphatic heterocycles. The first-order valence-electron chi connectivity index (χ1n) is 4.51. The fourth-order valence-corrected chi connectivity index (χ4v) is 1.51. The highest BCUT2D eigenvalue weighted by atomic mass is 127. The summed E-state index contributed by atoms with van der Waals surface area (Å²) in [6, 6.07) is 6.26. The van der Waals surface area contributed by atoms with Crippen LogP contribution in [0.1, 0.15) is 5.56 Å². The minimum absolute atomic E-state index is 0.351. The summed E-state index contributed by atoms with van der Waals surface area (Å²) < 4.78 is 65.1. The molecule has 8 heteroatoms. The Morgan fingerprint density at radius 3 is 2.22 bits per heavy atom. The Balaban J connectivity index is 2.71. The van der Waals surface area contributed by atoms with Crippen molar-refractivity contribution >= 4 is 28.6 Å². The molecule has 0 amide bonds. The average Bonchev–Trinajstić information content (AvgIpc) is 2.26. The molecule has 1 rings (SSSR count). The van der Waals surface area contributed by atoms with Gasteiger partial charge in [-0.05, 0) is 28.7 Å². The van der Waals surface area contributed by atoms with Crippen molar-refractivity contribution in [1.82, 2.24) is 0 Å². The first kappa shape index (κ1) is 15.1. The second-order valence-electron chi connectivity index (χ2n) is 3.24. The standard InChI is InChI=1S/C10H6F5IO2/c11-9(12,10(13,14)15)8(17)18-5-6-3-1-2-4-7(6)16/h1-4H,5H2. The van der Waals surface area contributed by atoms with E-state index in [9.17, 15) is 26.7 Å². The molecule has 2 nitrogen and oxygen atoms in total. The fraction of sp³-hybridized carbons (Fsp3) is 0.300. The lowest BCUT2D eigenvalue weighted by Gasteiger charge is -2.17. The van der Waals surface area contributed by atoms with Crippen LogP contribution in [-0.2, 0) is 16.1 Å². The van der Waals surface area contributed by atoms with Crippen LogP contribution in [0.3, 0.4) is 0 Å². The first-order valence-corrected chi connectivity index (χ1v) is 5.59. The molecular weight excluding hydrogens is 374 g/mol. The second-order valence-corrected chi connectivity index (χ2v) is 4.40. The number of alkyl halides is 5. The first-order chi connectivity index (χ1) is 8.16. The number of halogens is 6. The van der Waals surface area contributed by atoms with Crippen LogP contribution in [0.2, 0.25) is 0 Å². The minimum atomic E-state index is -5.95. The molecule has 0 radical (unpaired) electrons. The molecule has 0 saturated heterocycles. The molecule has 0 aliphatic carbocycles. The Hall–Kier alpha value is -0.930. The van der Waals surface area contributed by atoms with E-state index in [1.807, 2.05) is 22.6 Å². The summed E-state index contributed by atoms with van der Waals surface area (Å²) in [5.74, 6) is -8.10. The number of carbonyl (C=O) groups is 1. The zero-order valence-electron chi connectivity index (χ0n) is 8.60. The van der Waals surface area contributed by atoms with E-state index in [0.29, 0.717) is 9.13 Å². The van der Waals surface area contributed by atoms with E-state index in [1.165, 1.54) is 6.07 Å². The van der Waals surface area contributed by atoms with Gasteiger partial charge >= 0.3 is 18.1 Å². The van der Waals surface area contributed by atoms with Crippen molar-refractivity contribution in [1.29, 1.82) is 0 Å². The quantitative estimate of drug-likeness (QED) is 0.456. The molecule has 1 aromatic rings. The molecule has 0 fully saturated rings. The van der Waals surface area contributed by atoms with Crippen molar-refractivity contribution in [3.8, 4) is 0 Å². The lowest BCUT2D eigenvalue weighted by molar-refractivity contribution is -0.281. The van der Waals surface area contributed by atoms with Crippen LogP contribution < -0.4 is 0 Å². The van der Waals surface area contributed by atoms with Crippen molar-refractivity contribution < 1.29 is 31.5 Å². The number of ether oxygens (including phenoxy) is 1. The molecular formula is C10H6F5IO2. The van der Waals surface area contributed by atoms with Gasteiger partial charge in [0.05, 0.1) is 0 Å². The van der Waals surface area contributed by atoms with Gasteiger partial charge < -0.3 is 4.74 Å². The highest BCUT2D eigenvalue weighted by Crippen LogP contribution is 2.36. The maximum atomic E-state index is 12.5. The zero-order chi connectivity index (χ0) is 14.0. The molecule has 0 unspecified atom stereocenters. The summed E-state index contributed by atoms with van der Waals surface area (Å²) in [4.78, 5) is 10.7. The van der Waals surface area contributed by atoms with Crippen LogP contribution in [0, 0.1) is 3.57 Å². The van der Waals surface area contributed by atoms with Gasteiger partial charge in [-0.3, -0.25) is 0 Å². The summed E-state index contributed by atoms with van der Waals surface area (Å²) in [5, 5.41) is 0. The van der Waals surface area contributed by atoms with Crippen LogP contribution >= 0.6 is 22.6 Å². The van der Waals surface area contributed by atoms with Crippen molar-refractivity contribution in [3.63, 3.8) is 0 Å². The number of esters is 1. The molecule has 0 atom stereocenters. The van der Waals surface area contributed by atoms with Gasteiger partial charge in [-0.15, -0.1) is 0 Å². The number of benzene rings is 1. The van der Waals surface area contributed by atoms with E-state index in [0.717, 1.165) is 0 Å². The van der Waals surface area contributed by atoms with Gasteiger partial charge in [0.25, 0.3) is 0 Å². The fourth-order valence-electron chi connectivity index (χ4n) is 0.965. The van der Waals surface area contributed by atoms with E-state index in [2.05, 4.69) is 4.74 Å². The van der Waals surface area contributed by atoms with Crippen molar-refractivity contribution in [3.05, 3.63) is 33.4 Å². The second kappa shape index (κ2) is 5.37. The van der Waals surface area contributed by atoms with Gasteiger partial charge in [-0.1, -0.05) is 18.2 Å². The van der Waals surface area contributed by atoms with Gasteiger partial charge in [0.1, 0.15) is 6.61 Å². The maximum absolute atomic E-state index is 12.5. The van der Waals surface area contributed by atoms with E-state index < -0.39 is 24.7 Å². The number of hydrogen-bond acceptors (Lipinski definition) is 2. The Morgan fingerprint density at radius 2 is 1.72 bits per heavy atom. The van der Waals surface area contributed by atoms with E-state index >= 15 is 0 Å². The Labute approximate surface area is 112 Å². The van der Waals surface area contributed by atoms with Crippen molar-refractivity contribution in [2.45, 2.75) is 18.7 Å². The molecule has 0 aromatic heterocycles. The Morgan fingerprint density at radius 1 is 1.17 bits per heavy atom. The summed E-state index contributed by atoms with van der Waals surface area (Å²) >= 11 is 1.84. The van der Waals surface area contributed by atoms with Gasteiger partial charge in [-0.25, -0.2) is 4.79 Å². The molecule has 0 N–H and O–H groups in total. The smallest absolute Gasteiger partial charge is 0.456 e. The van der Waals surface area contributed by atoms with E-state index in [-0.39, 0.29) is 0 Å². The zero-order valence-corrected chi connectivity index (χ0v) is 10.8. The van der Waals surface area contributed by atoms with Gasteiger partial charge in [-0.2, -0.15) is 22.0 Å². The van der Waals surface area contributed by atoms with Crippen molar-refractivity contribution in [2.24, 2.45) is 0 Å². The third kappa shape index (κ3) is 3.30. The summed E-state index contributed by atoms with van der Waals surface area (Å²) in [6.45, 7) is -0.635. The number of hydrogen-bond donors (Lipinski definition) is 0. The maximum Gasteiger partial charge on any atom is 0.465 e. The molecule has 1 aromatic carbocycles. The SMILES string of the molecule is O=C(OCc1ccccc1I)C(F)(F)C(F)(F)F. The molecule has 0 spiro atoms. The number of carbonyl (C=O) groups excluding carboxylic acids is 1. The minimum Gasteiger partial charge on any atom is -0.456 e. The predicted octanol–water partition coefficient (Wildman–Crippen LogP) is 3.53. The molecule has 18 heavy (non-hydrogen) atoms. The monoisotopic (exact) mass is 380 g/mol. The molecule has 0 heterocycles. The van der Waals surface area contributed by atoms with E-state index in [1.54, 1.807) is 18.2 Å². The lowest BCUT2D eigenvalue weighted by atomic mass is 10.2. The summed E-state index contributed by atoms with van der Waals surface area (Å²) in [5.41, 5.74) is 0.351. The third-order valence-electron chi connectivity index (χ3n) is 1.93. The van der Waals surface area contributed by atoms with Crippen LogP contribution in [0.5, 0.6) is 0 Å². The highest BCUT2D eigenvalue weighted by molar-refractivity contribution is 14.1. The third-order valence-corrected chi connectivity index (χ3v) is 2.98. The van der Waals surface area contributed by atoms with Crippen LogP contribution in [0.25, 0.3) is 0 Å². The molecule has 0 bridgehead atoms. The number of rotatable bonds is 3. The van der Waals surface area contributed by atoms with Crippen molar-refractivity contribution in [2.75, 3.05) is 0 Å². The predicted molar refractivity (Wildman–Crippen MR) is 60.0 cm³/mol. The summed E-state index contributed by atoms with van der Waals surface area (Å²) in [6.07, 6.45) is -5.95. The Bertz CT molecular complexity index is 444. The van der Waals surface area contributed by atoms with Crippen LogP contribution in [0.15, 0.2) is 24.3 Å². The molecule has 0 aliphatic rings. The molecule has 0 saturated carbocycles. The summed E-state index contributed by atoms with van der Waals surface area (Å²) in [7, 11) is 0.